The summed E-state index contributed by atoms with van der Waals surface area (Å²) >= 11 is 0. The molecular weight excluding hydrogens is 497 g/mol. The van der Waals surface area contributed by atoms with Gasteiger partial charge in [0.1, 0.15) is 0 Å². The van der Waals surface area contributed by atoms with E-state index in [1.165, 1.54) is 65.7 Å². The third kappa shape index (κ3) is 3.13. The maximum atomic E-state index is 2.56. The molecule has 0 saturated carbocycles. The van der Waals surface area contributed by atoms with Crippen molar-refractivity contribution < 1.29 is 0 Å². The fourth-order valence-electron chi connectivity index (χ4n) is 8.00. The van der Waals surface area contributed by atoms with Crippen LogP contribution in [-0.4, -0.2) is 8.07 Å². The largest absolute Gasteiger partial charge is 0.0980 e. The Morgan fingerprint density at radius 2 is 1.10 bits per heavy atom. The Hall–Kier alpha value is -3.94. The lowest BCUT2D eigenvalue weighted by Crippen LogP contribution is -2.29. The van der Waals surface area contributed by atoms with Gasteiger partial charge in [-0.2, -0.15) is 0 Å². The lowest BCUT2D eigenvalue weighted by Gasteiger charge is -2.29. The molecule has 2 aliphatic rings. The molecule has 1 unspecified atom stereocenters. The molecule has 0 saturated heterocycles. The highest BCUT2D eigenvalue weighted by molar-refractivity contribution is 6.84. The van der Waals surface area contributed by atoms with Gasteiger partial charge in [-0.1, -0.05) is 136 Å². The molecule has 0 aromatic heterocycles. The highest BCUT2D eigenvalue weighted by Crippen LogP contribution is 2.55. The van der Waals surface area contributed by atoms with Crippen molar-refractivity contribution in [3.05, 3.63) is 132 Å². The smallest absolute Gasteiger partial charge is 0.0790 e. The van der Waals surface area contributed by atoms with Crippen molar-refractivity contribution >= 4 is 40.4 Å². The molecule has 8 rings (SSSR count). The maximum absolute atomic E-state index is 2.56. The van der Waals surface area contributed by atoms with Gasteiger partial charge in [-0.15, -0.1) is 0 Å². The van der Waals surface area contributed by atoms with Crippen molar-refractivity contribution in [2.24, 2.45) is 0 Å². The predicted octanol–water partition coefficient (Wildman–Crippen LogP) is 10.9. The molecule has 0 radical (unpaired) electrons. The third-order valence-electron chi connectivity index (χ3n) is 10.00. The van der Waals surface area contributed by atoms with Crippen molar-refractivity contribution in [3.63, 3.8) is 0 Å². The summed E-state index contributed by atoms with van der Waals surface area (Å²) in [6.45, 7) is 9.86. The van der Waals surface area contributed by atoms with Gasteiger partial charge in [0.05, 0.1) is 8.07 Å². The molecule has 1 heteroatoms. The van der Waals surface area contributed by atoms with Crippen molar-refractivity contribution in [1.82, 2.24) is 0 Å². The van der Waals surface area contributed by atoms with Crippen LogP contribution >= 0.6 is 0 Å². The molecule has 1 heterocycles. The molecule has 0 nitrogen and oxygen atoms in total. The monoisotopic (exact) mass is 530 g/mol. The van der Waals surface area contributed by atoms with Crippen LogP contribution < -0.4 is 0 Å². The minimum absolute atomic E-state index is 0.0542. The van der Waals surface area contributed by atoms with Gasteiger partial charge in [-0.05, 0) is 89.3 Å². The molecule has 194 valence electrons. The second kappa shape index (κ2) is 8.28. The first-order valence-electron chi connectivity index (χ1n) is 14.7. The van der Waals surface area contributed by atoms with Crippen LogP contribution in [0, 0.1) is 0 Å². The number of hydrogen-bond donors (Lipinski definition) is 0. The first-order chi connectivity index (χ1) is 19.4. The second-order valence-electron chi connectivity index (χ2n) is 13.0. The number of hydrogen-bond acceptors (Lipinski definition) is 0. The zero-order valence-corrected chi connectivity index (χ0v) is 24.8. The van der Waals surface area contributed by atoms with E-state index in [0.29, 0.717) is 5.54 Å². The number of allylic oxidation sites excluding steroid dienone is 1. The molecule has 6 aromatic rings. The van der Waals surface area contributed by atoms with Crippen LogP contribution in [0.2, 0.25) is 13.1 Å². The Bertz CT molecular complexity index is 1980. The van der Waals surface area contributed by atoms with E-state index < -0.39 is 8.07 Å². The third-order valence-corrected chi connectivity index (χ3v) is 13.4. The highest BCUT2D eigenvalue weighted by Gasteiger charge is 2.38. The van der Waals surface area contributed by atoms with Crippen LogP contribution in [0.5, 0.6) is 0 Å². The summed E-state index contributed by atoms with van der Waals surface area (Å²) in [7, 11) is -1.54. The standard InChI is InChI=1S/C39H34Si/c1-39(2)33-21-12-11-20-31(33)37-26-15-6-5-14-25(26)32(24-34(37)39)36-27-16-7-9-18-29(27)38(30-19-10-8-17-28(30)36)35-22-13-23-40(35,3)4/h5-21,23-24,35H,22H2,1-4H3. The zero-order valence-electron chi connectivity index (χ0n) is 23.8. The van der Waals surface area contributed by atoms with Crippen LogP contribution in [-0.2, 0) is 5.41 Å². The van der Waals surface area contributed by atoms with Crippen molar-refractivity contribution in [3.8, 4) is 22.3 Å². The first-order valence-corrected chi connectivity index (χ1v) is 17.8. The van der Waals surface area contributed by atoms with E-state index in [0.717, 1.165) is 6.42 Å². The molecule has 0 spiro atoms. The van der Waals surface area contributed by atoms with Gasteiger partial charge < -0.3 is 0 Å². The minimum Gasteiger partial charge on any atom is -0.0980 e. The van der Waals surface area contributed by atoms with Gasteiger partial charge in [-0.3, -0.25) is 0 Å². The minimum atomic E-state index is -1.54. The normalized spacial score (nSPS) is 18.4. The summed E-state index contributed by atoms with van der Waals surface area (Å²) < 4.78 is 0. The molecule has 6 aromatic carbocycles. The fraction of sp³-hybridized carbons (Fsp3) is 0.179. The van der Waals surface area contributed by atoms with Gasteiger partial charge in [0.25, 0.3) is 0 Å². The van der Waals surface area contributed by atoms with E-state index in [4.69, 9.17) is 0 Å². The fourth-order valence-corrected chi connectivity index (χ4v) is 10.8. The summed E-state index contributed by atoms with van der Waals surface area (Å²) in [5.41, 5.74) is 13.1. The van der Waals surface area contributed by atoms with Gasteiger partial charge in [-0.25, -0.2) is 0 Å². The maximum Gasteiger partial charge on any atom is 0.0790 e. The number of fused-ring (bicyclic) bond motifs is 7. The molecule has 0 N–H and O–H groups in total. The van der Waals surface area contributed by atoms with E-state index >= 15 is 0 Å². The summed E-state index contributed by atoms with van der Waals surface area (Å²) in [6, 6.07) is 39.1. The number of benzene rings is 6. The van der Waals surface area contributed by atoms with Gasteiger partial charge in [0.2, 0.25) is 0 Å². The van der Waals surface area contributed by atoms with E-state index in [1.807, 2.05) is 0 Å². The molecule has 40 heavy (non-hydrogen) atoms. The van der Waals surface area contributed by atoms with E-state index in [-0.39, 0.29) is 5.41 Å². The van der Waals surface area contributed by atoms with E-state index in [1.54, 1.807) is 5.56 Å². The Kier molecular flexibility index (Phi) is 4.95. The Morgan fingerprint density at radius 1 is 0.575 bits per heavy atom. The quantitative estimate of drug-likeness (QED) is 0.154. The lowest BCUT2D eigenvalue weighted by atomic mass is 9.79. The van der Waals surface area contributed by atoms with E-state index in [9.17, 15) is 0 Å². The predicted molar refractivity (Wildman–Crippen MR) is 176 cm³/mol. The summed E-state index contributed by atoms with van der Waals surface area (Å²) in [5, 5.41) is 8.32. The molecular formula is C39H34Si. The lowest BCUT2D eigenvalue weighted by molar-refractivity contribution is 0.661. The Labute approximate surface area is 238 Å². The average Bonchev–Trinajstić information content (AvgIpc) is 3.44. The van der Waals surface area contributed by atoms with E-state index in [2.05, 4.69) is 142 Å². The molecule has 1 aliphatic heterocycles. The molecule has 0 amide bonds. The van der Waals surface area contributed by atoms with Crippen molar-refractivity contribution in [1.29, 1.82) is 0 Å². The topological polar surface area (TPSA) is 0 Å². The Balaban J connectivity index is 1.54. The molecule has 0 fully saturated rings. The van der Waals surface area contributed by atoms with Gasteiger partial charge >= 0.3 is 0 Å². The van der Waals surface area contributed by atoms with Gasteiger partial charge in [0, 0.05) is 5.41 Å². The van der Waals surface area contributed by atoms with Gasteiger partial charge in [0.15, 0.2) is 0 Å². The van der Waals surface area contributed by atoms with Crippen molar-refractivity contribution in [2.45, 2.75) is 44.3 Å². The summed E-state index contributed by atoms with van der Waals surface area (Å²) in [5.74, 6) is 0. The Morgan fingerprint density at radius 3 is 1.70 bits per heavy atom. The van der Waals surface area contributed by atoms with Crippen molar-refractivity contribution in [2.75, 3.05) is 0 Å². The summed E-state index contributed by atoms with van der Waals surface area (Å²) in [4.78, 5) is 0. The second-order valence-corrected chi connectivity index (χ2v) is 17.6. The van der Waals surface area contributed by atoms with Crippen LogP contribution in [0.25, 0.3) is 54.6 Å². The van der Waals surface area contributed by atoms with Crippen LogP contribution in [0.3, 0.4) is 0 Å². The number of rotatable bonds is 2. The zero-order chi connectivity index (χ0) is 27.2. The summed E-state index contributed by atoms with van der Waals surface area (Å²) in [6.07, 6.45) is 3.60. The van der Waals surface area contributed by atoms with Crippen LogP contribution in [0.1, 0.15) is 42.5 Å². The highest BCUT2D eigenvalue weighted by atomic mass is 28.3. The molecule has 1 atom stereocenters. The average molecular weight is 531 g/mol. The first kappa shape index (κ1) is 23.9. The van der Waals surface area contributed by atoms with Crippen LogP contribution in [0.15, 0.2) is 115 Å². The molecule has 0 bridgehead atoms. The van der Waals surface area contributed by atoms with Crippen LogP contribution in [0.4, 0.5) is 0 Å². The SMILES string of the molecule is CC1(C)c2ccccc2-c2c1cc(-c1c3ccccc3c(C3CC=C[Si]3(C)C)c3ccccc13)c1ccccc21. The molecule has 1 aliphatic carbocycles.